The van der Waals surface area contributed by atoms with Gasteiger partial charge in [0.25, 0.3) is 0 Å². The van der Waals surface area contributed by atoms with E-state index >= 15 is 0 Å². The lowest BCUT2D eigenvalue weighted by Crippen LogP contribution is -2.41. The highest BCUT2D eigenvalue weighted by molar-refractivity contribution is 6.30. The first-order valence-electron chi connectivity index (χ1n) is 6.58. The van der Waals surface area contributed by atoms with Gasteiger partial charge >= 0.3 is 5.97 Å². The van der Waals surface area contributed by atoms with Crippen LogP contribution < -0.4 is 9.47 Å². The molecule has 4 nitrogen and oxygen atoms in total. The minimum atomic E-state index is -1.16. The van der Waals surface area contributed by atoms with E-state index in [1.54, 1.807) is 62.4 Å². The molecule has 0 aliphatic heterocycles. The maximum absolute atomic E-state index is 12.2. The van der Waals surface area contributed by atoms with Crippen LogP contribution in [-0.4, -0.2) is 11.6 Å². The molecular weight excluding hydrogens is 302 g/mol. The van der Waals surface area contributed by atoms with Crippen LogP contribution in [0.2, 0.25) is 5.02 Å². The largest absolute Gasteiger partial charge is 0.476 e. The van der Waals surface area contributed by atoms with E-state index < -0.39 is 11.6 Å². The van der Waals surface area contributed by atoms with Crippen molar-refractivity contribution in [3.8, 4) is 17.6 Å². The summed E-state index contributed by atoms with van der Waals surface area (Å²) in [5.74, 6) is 0.343. The van der Waals surface area contributed by atoms with Gasteiger partial charge in [-0.05, 0) is 62.4 Å². The minimum absolute atomic E-state index is 0.358. The number of benzene rings is 2. The molecule has 112 valence electrons. The van der Waals surface area contributed by atoms with Crippen molar-refractivity contribution < 1.29 is 14.3 Å². The van der Waals surface area contributed by atoms with Crippen LogP contribution in [0.3, 0.4) is 0 Å². The molecule has 0 saturated carbocycles. The van der Waals surface area contributed by atoms with Crippen LogP contribution in [0.15, 0.2) is 48.5 Å². The predicted molar refractivity (Wildman–Crippen MR) is 83.0 cm³/mol. The summed E-state index contributed by atoms with van der Waals surface area (Å²) in [6.45, 7) is 3.24. The van der Waals surface area contributed by atoms with Crippen molar-refractivity contribution in [2.24, 2.45) is 0 Å². The SMILES string of the molecule is CC(C)(Oc1ccc(Cl)cc1)C(=O)Oc1ccc(C#N)cc1. The quantitative estimate of drug-likeness (QED) is 0.632. The Hall–Kier alpha value is -2.51. The third-order valence-electron chi connectivity index (χ3n) is 2.87. The van der Waals surface area contributed by atoms with Crippen LogP contribution in [0.25, 0.3) is 0 Å². The van der Waals surface area contributed by atoms with Gasteiger partial charge in [0, 0.05) is 5.02 Å². The first-order chi connectivity index (χ1) is 10.4. The molecule has 0 saturated heterocycles. The Kier molecular flexibility index (Phi) is 4.69. The Morgan fingerprint density at radius 1 is 1.05 bits per heavy atom. The fraction of sp³-hybridized carbons (Fsp3) is 0.176. The van der Waals surface area contributed by atoms with Crippen molar-refractivity contribution in [2.45, 2.75) is 19.4 Å². The molecule has 22 heavy (non-hydrogen) atoms. The van der Waals surface area contributed by atoms with E-state index in [4.69, 9.17) is 26.3 Å². The number of rotatable bonds is 4. The van der Waals surface area contributed by atoms with Crippen molar-refractivity contribution in [3.05, 3.63) is 59.1 Å². The van der Waals surface area contributed by atoms with Gasteiger partial charge in [-0.15, -0.1) is 0 Å². The summed E-state index contributed by atoms with van der Waals surface area (Å²) < 4.78 is 10.9. The average molecular weight is 316 g/mol. The molecule has 0 unspecified atom stereocenters. The topological polar surface area (TPSA) is 59.3 Å². The highest BCUT2D eigenvalue weighted by Crippen LogP contribution is 2.23. The minimum Gasteiger partial charge on any atom is -0.476 e. The molecule has 0 aliphatic rings. The fourth-order valence-electron chi connectivity index (χ4n) is 1.67. The Morgan fingerprint density at radius 3 is 2.14 bits per heavy atom. The normalized spacial score (nSPS) is 10.6. The van der Waals surface area contributed by atoms with Crippen molar-refractivity contribution in [1.82, 2.24) is 0 Å². The second kappa shape index (κ2) is 6.50. The molecule has 2 rings (SSSR count). The Labute approximate surface area is 133 Å². The molecular formula is C17H14ClNO3. The third kappa shape index (κ3) is 4.00. The van der Waals surface area contributed by atoms with Gasteiger partial charge in [0.2, 0.25) is 5.60 Å². The second-order valence-corrected chi connectivity index (χ2v) is 5.53. The maximum atomic E-state index is 12.2. The third-order valence-corrected chi connectivity index (χ3v) is 3.12. The molecule has 0 radical (unpaired) electrons. The van der Waals surface area contributed by atoms with E-state index in [9.17, 15) is 4.79 Å². The number of nitrogens with zero attached hydrogens (tertiary/aromatic N) is 1. The first-order valence-corrected chi connectivity index (χ1v) is 6.95. The number of carbonyl (C=O) groups excluding carboxylic acids is 1. The van der Waals surface area contributed by atoms with E-state index in [0.29, 0.717) is 22.1 Å². The van der Waals surface area contributed by atoms with Gasteiger partial charge in [-0.25, -0.2) is 4.79 Å². The van der Waals surface area contributed by atoms with Gasteiger partial charge in [-0.1, -0.05) is 11.6 Å². The summed E-state index contributed by atoms with van der Waals surface area (Å²) in [4.78, 5) is 12.2. The zero-order valence-electron chi connectivity index (χ0n) is 12.2. The molecule has 0 heterocycles. The molecule has 5 heteroatoms. The molecule has 0 aliphatic carbocycles. The van der Waals surface area contributed by atoms with Crippen molar-refractivity contribution in [2.75, 3.05) is 0 Å². The fourth-order valence-corrected chi connectivity index (χ4v) is 1.79. The molecule has 2 aromatic rings. The zero-order valence-corrected chi connectivity index (χ0v) is 12.9. The van der Waals surface area contributed by atoms with Gasteiger partial charge in [-0.3, -0.25) is 0 Å². The molecule has 0 fully saturated rings. The second-order valence-electron chi connectivity index (χ2n) is 5.09. The molecule has 0 amide bonds. The predicted octanol–water partition coefficient (Wildman–Crippen LogP) is 3.97. The standard InChI is InChI=1S/C17H14ClNO3/c1-17(2,22-15-9-5-13(18)6-10-15)16(20)21-14-7-3-12(11-19)4-8-14/h3-10H,1-2H3. The number of esters is 1. The number of nitriles is 1. The molecule has 0 aromatic heterocycles. The lowest BCUT2D eigenvalue weighted by atomic mass is 10.1. The summed E-state index contributed by atoms with van der Waals surface area (Å²) in [5, 5.41) is 9.32. The smallest absolute Gasteiger partial charge is 0.355 e. The summed E-state index contributed by atoms with van der Waals surface area (Å²) in [6.07, 6.45) is 0. The van der Waals surface area contributed by atoms with Crippen LogP contribution in [0.1, 0.15) is 19.4 Å². The summed E-state index contributed by atoms with van der Waals surface area (Å²) in [7, 11) is 0. The molecule has 0 atom stereocenters. The van der Waals surface area contributed by atoms with Gasteiger partial charge in [-0.2, -0.15) is 5.26 Å². The van der Waals surface area contributed by atoms with Gasteiger partial charge in [0.05, 0.1) is 11.6 Å². The highest BCUT2D eigenvalue weighted by Gasteiger charge is 2.32. The van der Waals surface area contributed by atoms with E-state index in [2.05, 4.69) is 0 Å². The first kappa shape index (κ1) is 15.9. The molecule has 2 aromatic carbocycles. The summed E-state index contributed by atoms with van der Waals surface area (Å²) in [6, 6.07) is 15.0. The lowest BCUT2D eigenvalue weighted by molar-refractivity contribution is -0.149. The summed E-state index contributed by atoms with van der Waals surface area (Å²) in [5.41, 5.74) is -0.668. The zero-order chi connectivity index (χ0) is 16.2. The lowest BCUT2D eigenvalue weighted by Gasteiger charge is -2.24. The molecule has 0 N–H and O–H groups in total. The summed E-state index contributed by atoms with van der Waals surface area (Å²) >= 11 is 5.81. The molecule has 0 spiro atoms. The molecule has 0 bridgehead atoms. The van der Waals surface area contributed by atoms with E-state index in [1.807, 2.05) is 6.07 Å². The number of hydrogen-bond acceptors (Lipinski definition) is 4. The number of carbonyl (C=O) groups is 1. The van der Waals surface area contributed by atoms with E-state index in [-0.39, 0.29) is 0 Å². The maximum Gasteiger partial charge on any atom is 0.355 e. The van der Waals surface area contributed by atoms with Crippen molar-refractivity contribution in [3.63, 3.8) is 0 Å². The average Bonchev–Trinajstić information content (AvgIpc) is 2.50. The number of hydrogen-bond donors (Lipinski definition) is 0. The van der Waals surface area contributed by atoms with E-state index in [1.165, 1.54) is 0 Å². The van der Waals surface area contributed by atoms with Gasteiger partial charge < -0.3 is 9.47 Å². The Bertz CT molecular complexity index is 700. The van der Waals surface area contributed by atoms with Crippen LogP contribution in [0.4, 0.5) is 0 Å². The van der Waals surface area contributed by atoms with Crippen LogP contribution in [0.5, 0.6) is 11.5 Å². The van der Waals surface area contributed by atoms with Gasteiger partial charge in [0.1, 0.15) is 11.5 Å². The number of halogens is 1. The number of ether oxygens (including phenoxy) is 2. The van der Waals surface area contributed by atoms with Crippen LogP contribution in [-0.2, 0) is 4.79 Å². The van der Waals surface area contributed by atoms with Gasteiger partial charge in [0.15, 0.2) is 0 Å². The van der Waals surface area contributed by atoms with Crippen molar-refractivity contribution in [1.29, 1.82) is 5.26 Å². The Balaban J connectivity index is 2.06. The van der Waals surface area contributed by atoms with Crippen molar-refractivity contribution >= 4 is 17.6 Å². The van der Waals surface area contributed by atoms with Crippen LogP contribution in [0, 0.1) is 11.3 Å². The Morgan fingerprint density at radius 2 is 1.59 bits per heavy atom. The van der Waals surface area contributed by atoms with Crippen LogP contribution >= 0.6 is 11.6 Å². The highest BCUT2D eigenvalue weighted by atomic mass is 35.5. The van der Waals surface area contributed by atoms with E-state index in [0.717, 1.165) is 0 Å². The monoisotopic (exact) mass is 315 g/mol.